The minimum atomic E-state index is -0.160. The standard InChI is InChI=1S/C15H26ClN3O/c1-10-11(16)17-13(14(2,3)4)18-12(10)20-9-15(5,6)19(7)8/h9H2,1-8H3. The van der Waals surface area contributed by atoms with Crippen molar-refractivity contribution in [1.29, 1.82) is 0 Å². The summed E-state index contributed by atoms with van der Waals surface area (Å²) in [6, 6.07) is 0. The van der Waals surface area contributed by atoms with E-state index in [0.717, 1.165) is 5.56 Å². The second-order valence-electron chi connectivity index (χ2n) is 7.01. The lowest BCUT2D eigenvalue weighted by Crippen LogP contribution is -2.43. The van der Waals surface area contributed by atoms with Crippen molar-refractivity contribution < 1.29 is 4.74 Å². The summed E-state index contributed by atoms with van der Waals surface area (Å²) in [5.41, 5.74) is 0.548. The van der Waals surface area contributed by atoms with Crippen LogP contribution in [0.1, 0.15) is 46.0 Å². The van der Waals surface area contributed by atoms with E-state index in [9.17, 15) is 0 Å². The van der Waals surface area contributed by atoms with Gasteiger partial charge < -0.3 is 9.64 Å². The number of likely N-dealkylation sites (N-methyl/N-ethyl adjacent to an activating group) is 1. The molecule has 0 N–H and O–H groups in total. The molecular formula is C15H26ClN3O. The molecule has 0 unspecified atom stereocenters. The second-order valence-corrected chi connectivity index (χ2v) is 7.37. The van der Waals surface area contributed by atoms with E-state index in [1.54, 1.807) is 0 Å². The average Bonchev–Trinajstić information content (AvgIpc) is 2.29. The van der Waals surface area contributed by atoms with E-state index in [2.05, 4.69) is 49.5 Å². The molecule has 0 atom stereocenters. The number of aromatic nitrogens is 2. The van der Waals surface area contributed by atoms with Crippen molar-refractivity contribution in [1.82, 2.24) is 14.9 Å². The van der Waals surface area contributed by atoms with Gasteiger partial charge in [-0.05, 0) is 34.9 Å². The number of ether oxygens (including phenoxy) is 1. The highest BCUT2D eigenvalue weighted by molar-refractivity contribution is 6.30. The molecule has 0 saturated carbocycles. The average molecular weight is 300 g/mol. The Labute approximate surface area is 127 Å². The van der Waals surface area contributed by atoms with Gasteiger partial charge in [-0.2, -0.15) is 4.98 Å². The van der Waals surface area contributed by atoms with Crippen LogP contribution in [0, 0.1) is 6.92 Å². The first-order valence-corrected chi connectivity index (χ1v) is 7.18. The minimum Gasteiger partial charge on any atom is -0.475 e. The first-order chi connectivity index (χ1) is 8.95. The van der Waals surface area contributed by atoms with Crippen LogP contribution in [0.15, 0.2) is 0 Å². The molecule has 0 aliphatic rings. The Bertz CT molecular complexity index is 479. The fourth-order valence-corrected chi connectivity index (χ4v) is 1.48. The highest BCUT2D eigenvalue weighted by Gasteiger charge is 2.24. The van der Waals surface area contributed by atoms with Gasteiger partial charge in [-0.15, -0.1) is 0 Å². The summed E-state index contributed by atoms with van der Waals surface area (Å²) in [6.45, 7) is 12.8. The van der Waals surface area contributed by atoms with Gasteiger partial charge in [-0.25, -0.2) is 4.98 Å². The maximum Gasteiger partial charge on any atom is 0.221 e. The molecule has 114 valence electrons. The Kier molecular flexibility index (Phi) is 5.03. The van der Waals surface area contributed by atoms with Crippen LogP contribution in [0.4, 0.5) is 0 Å². The maximum absolute atomic E-state index is 6.20. The van der Waals surface area contributed by atoms with E-state index in [4.69, 9.17) is 16.3 Å². The molecule has 1 aromatic rings. The zero-order valence-corrected chi connectivity index (χ0v) is 14.6. The number of hydrogen-bond acceptors (Lipinski definition) is 4. The van der Waals surface area contributed by atoms with Crippen LogP contribution in [0.25, 0.3) is 0 Å². The molecule has 0 bridgehead atoms. The zero-order valence-electron chi connectivity index (χ0n) is 13.8. The number of rotatable bonds is 4. The molecule has 0 amide bonds. The second kappa shape index (κ2) is 5.86. The van der Waals surface area contributed by atoms with Gasteiger partial charge in [-0.1, -0.05) is 32.4 Å². The van der Waals surface area contributed by atoms with Gasteiger partial charge in [0.25, 0.3) is 0 Å². The normalized spacial score (nSPS) is 12.9. The Morgan fingerprint density at radius 2 is 1.65 bits per heavy atom. The van der Waals surface area contributed by atoms with Gasteiger partial charge in [-0.3, -0.25) is 0 Å². The van der Waals surface area contributed by atoms with Gasteiger partial charge >= 0.3 is 0 Å². The molecule has 0 aromatic carbocycles. The lowest BCUT2D eigenvalue weighted by Gasteiger charge is -2.32. The molecule has 1 heterocycles. The number of hydrogen-bond donors (Lipinski definition) is 0. The van der Waals surface area contributed by atoms with Gasteiger partial charge in [0, 0.05) is 16.5 Å². The quantitative estimate of drug-likeness (QED) is 0.798. The Hall–Kier alpha value is -0.870. The van der Waals surface area contributed by atoms with Crippen molar-refractivity contribution in [2.24, 2.45) is 0 Å². The molecule has 0 fully saturated rings. The summed E-state index contributed by atoms with van der Waals surface area (Å²) in [7, 11) is 4.06. The highest BCUT2D eigenvalue weighted by atomic mass is 35.5. The van der Waals surface area contributed by atoms with E-state index in [0.29, 0.717) is 23.5 Å². The predicted octanol–water partition coefficient (Wildman–Crippen LogP) is 3.45. The van der Waals surface area contributed by atoms with Crippen molar-refractivity contribution in [3.05, 3.63) is 16.5 Å². The van der Waals surface area contributed by atoms with Crippen molar-refractivity contribution in [2.45, 2.75) is 52.5 Å². The highest BCUT2D eigenvalue weighted by Crippen LogP contribution is 2.28. The fraction of sp³-hybridized carbons (Fsp3) is 0.733. The molecule has 0 radical (unpaired) electrons. The molecule has 0 aliphatic carbocycles. The van der Waals surface area contributed by atoms with Crippen LogP contribution in [-0.4, -0.2) is 41.1 Å². The lowest BCUT2D eigenvalue weighted by atomic mass is 9.96. The summed E-state index contributed by atoms with van der Waals surface area (Å²) in [4.78, 5) is 11.0. The SMILES string of the molecule is Cc1c(Cl)nc(C(C)(C)C)nc1OCC(C)(C)N(C)C. The van der Waals surface area contributed by atoms with Gasteiger partial charge in [0.15, 0.2) is 0 Å². The monoisotopic (exact) mass is 299 g/mol. The van der Waals surface area contributed by atoms with Crippen LogP contribution in [0.5, 0.6) is 5.88 Å². The number of halogens is 1. The van der Waals surface area contributed by atoms with E-state index >= 15 is 0 Å². The predicted molar refractivity (Wildman–Crippen MR) is 83.7 cm³/mol. The molecular weight excluding hydrogens is 274 g/mol. The molecule has 5 heteroatoms. The Morgan fingerprint density at radius 1 is 1.10 bits per heavy atom. The van der Waals surface area contributed by atoms with Crippen molar-refractivity contribution >= 4 is 11.6 Å². The van der Waals surface area contributed by atoms with Crippen LogP contribution < -0.4 is 4.74 Å². The molecule has 0 spiro atoms. The third-order valence-electron chi connectivity index (χ3n) is 3.49. The first kappa shape index (κ1) is 17.2. The summed E-state index contributed by atoms with van der Waals surface area (Å²) < 4.78 is 5.90. The van der Waals surface area contributed by atoms with E-state index in [-0.39, 0.29) is 11.0 Å². The summed E-state index contributed by atoms with van der Waals surface area (Å²) in [6.07, 6.45) is 0. The first-order valence-electron chi connectivity index (χ1n) is 6.80. The summed E-state index contributed by atoms with van der Waals surface area (Å²) >= 11 is 6.20. The van der Waals surface area contributed by atoms with E-state index < -0.39 is 0 Å². The maximum atomic E-state index is 6.20. The van der Waals surface area contributed by atoms with E-state index in [1.165, 1.54) is 0 Å². The topological polar surface area (TPSA) is 38.3 Å². The van der Waals surface area contributed by atoms with Crippen molar-refractivity contribution in [2.75, 3.05) is 20.7 Å². The van der Waals surface area contributed by atoms with Crippen LogP contribution in [0.2, 0.25) is 5.15 Å². The largest absolute Gasteiger partial charge is 0.475 e. The molecule has 4 nitrogen and oxygen atoms in total. The lowest BCUT2D eigenvalue weighted by molar-refractivity contribution is 0.110. The molecule has 1 aromatic heterocycles. The molecule has 20 heavy (non-hydrogen) atoms. The Balaban J connectivity index is 3.04. The third kappa shape index (κ3) is 4.06. The third-order valence-corrected chi connectivity index (χ3v) is 3.85. The Morgan fingerprint density at radius 3 is 2.10 bits per heavy atom. The number of nitrogens with zero attached hydrogens (tertiary/aromatic N) is 3. The van der Waals surface area contributed by atoms with Gasteiger partial charge in [0.1, 0.15) is 17.6 Å². The van der Waals surface area contributed by atoms with Crippen LogP contribution >= 0.6 is 11.6 Å². The minimum absolute atomic E-state index is 0.0776. The van der Waals surface area contributed by atoms with Crippen molar-refractivity contribution in [3.8, 4) is 5.88 Å². The van der Waals surface area contributed by atoms with Gasteiger partial charge in [0.05, 0.1) is 0 Å². The molecule has 0 saturated heterocycles. The molecule has 1 rings (SSSR count). The summed E-state index contributed by atoms with van der Waals surface area (Å²) in [5, 5.41) is 0.461. The zero-order chi connectivity index (χ0) is 15.7. The van der Waals surface area contributed by atoms with Crippen LogP contribution in [0.3, 0.4) is 0 Å². The summed E-state index contributed by atoms with van der Waals surface area (Å²) in [5.74, 6) is 1.27. The van der Waals surface area contributed by atoms with E-state index in [1.807, 2.05) is 21.0 Å². The molecule has 0 aliphatic heterocycles. The van der Waals surface area contributed by atoms with Crippen molar-refractivity contribution in [3.63, 3.8) is 0 Å². The fourth-order valence-electron chi connectivity index (χ4n) is 1.32. The smallest absolute Gasteiger partial charge is 0.221 e. The van der Waals surface area contributed by atoms with Gasteiger partial charge in [0.2, 0.25) is 5.88 Å². The van der Waals surface area contributed by atoms with Crippen LogP contribution in [-0.2, 0) is 5.41 Å².